The number of hydrogen-bond donors (Lipinski definition) is 5. The second-order valence-electron chi connectivity index (χ2n) is 20.8. The van der Waals surface area contributed by atoms with Gasteiger partial charge in [-0.25, -0.2) is 17.9 Å². The number of aryl methyl sites for hydroxylation is 1. The number of likely N-dealkylation sites (tertiary alicyclic amines) is 1. The molecule has 8 atom stereocenters. The number of ketones is 1. The lowest BCUT2D eigenvalue weighted by atomic mass is 9.79. The number of benzene rings is 3. The van der Waals surface area contributed by atoms with Crippen molar-refractivity contribution in [3.63, 3.8) is 0 Å². The number of ether oxygens (including phenoxy) is 4. The van der Waals surface area contributed by atoms with Gasteiger partial charge in [0.2, 0.25) is 27.6 Å². The fourth-order valence-corrected chi connectivity index (χ4v) is 12.5. The number of methoxy groups -OCH3 is 2. The van der Waals surface area contributed by atoms with Crippen LogP contribution in [0.3, 0.4) is 0 Å². The molecule has 3 aromatic carbocycles. The largest absolute Gasteiger partial charge is 0.493 e. The van der Waals surface area contributed by atoms with Gasteiger partial charge in [-0.3, -0.25) is 33.6 Å². The van der Waals surface area contributed by atoms with Gasteiger partial charge in [0.1, 0.15) is 17.9 Å². The summed E-state index contributed by atoms with van der Waals surface area (Å²) in [5.41, 5.74) is 0.952. The summed E-state index contributed by atoms with van der Waals surface area (Å²) in [4.78, 5) is 109. The second kappa shape index (κ2) is 26.0. The number of amides is 5. The van der Waals surface area contributed by atoms with E-state index in [1.165, 1.54) is 54.0 Å². The maximum absolute atomic E-state index is 14.1. The Bertz CT molecular complexity index is 2970. The SMILES string of the molecule is CCC(C)(C)C(=O)C(=O)N1CCCC[C@H]1C(=O)O[C@H](CCc1ccc(OC)c(OC)c1)c1cccc(OCC(=O)NCCS(=O)(=O)NC(=O)c2cccc(NC(=O)[C@@H]3C[C@H](SC4=C(C=O)N5C(=O)[C@H]([C@@H](C)O)[C@H]5[C@H]4C)CN3)c2)c1. The van der Waals surface area contributed by atoms with Crippen LogP contribution in [0.4, 0.5) is 5.69 Å². The molecule has 0 spiro atoms. The van der Waals surface area contributed by atoms with Crippen LogP contribution in [0.2, 0.25) is 0 Å². The molecule has 5 N–H and O–H groups in total. The molecule has 426 valence electrons. The first-order valence-electron chi connectivity index (χ1n) is 26.4. The Balaban J connectivity index is 0.902. The fraction of sp³-hybridized carbons (Fsp3) is 0.500. The summed E-state index contributed by atoms with van der Waals surface area (Å²) in [6, 6.07) is 15.9. The third kappa shape index (κ3) is 14.1. The summed E-state index contributed by atoms with van der Waals surface area (Å²) in [7, 11) is -1.22. The van der Waals surface area contributed by atoms with Gasteiger partial charge in [0.05, 0.1) is 49.8 Å². The van der Waals surface area contributed by atoms with Crippen molar-refractivity contribution >= 4 is 75.0 Å². The number of nitrogens with zero attached hydrogens (tertiary/aromatic N) is 2. The van der Waals surface area contributed by atoms with E-state index in [4.69, 9.17) is 18.9 Å². The Morgan fingerprint density at radius 2 is 1.73 bits per heavy atom. The number of β-lactam (4-membered cyclic amide) rings is 1. The highest BCUT2D eigenvalue weighted by Gasteiger charge is 2.59. The highest BCUT2D eigenvalue weighted by molar-refractivity contribution is 8.03. The number of esters is 1. The highest BCUT2D eigenvalue weighted by Crippen LogP contribution is 2.51. The normalized spacial score (nSPS) is 21.7. The lowest BCUT2D eigenvalue weighted by molar-refractivity contribution is -0.164. The first kappa shape index (κ1) is 59.8. The Morgan fingerprint density at radius 3 is 2.44 bits per heavy atom. The Hall–Kier alpha value is -6.82. The number of thioether (sulfide) groups is 1. The van der Waals surface area contributed by atoms with Gasteiger partial charge < -0.3 is 49.8 Å². The summed E-state index contributed by atoms with van der Waals surface area (Å²) in [6.07, 6.45) is 2.09. The van der Waals surface area contributed by atoms with E-state index >= 15 is 0 Å². The molecule has 21 nitrogen and oxygen atoms in total. The van der Waals surface area contributed by atoms with Gasteiger partial charge in [-0.1, -0.05) is 52.0 Å². The third-order valence-electron chi connectivity index (χ3n) is 15.0. The van der Waals surface area contributed by atoms with Crippen LogP contribution in [-0.2, 0) is 54.7 Å². The highest BCUT2D eigenvalue weighted by atomic mass is 32.2. The molecule has 3 aromatic rings. The average molecular weight is 1130 g/mol. The van der Waals surface area contributed by atoms with Crippen molar-refractivity contribution in [1.29, 1.82) is 0 Å². The predicted octanol–water partition coefficient (Wildman–Crippen LogP) is 4.23. The van der Waals surface area contributed by atoms with Crippen LogP contribution in [0.25, 0.3) is 0 Å². The van der Waals surface area contributed by atoms with E-state index in [0.29, 0.717) is 74.1 Å². The summed E-state index contributed by atoms with van der Waals surface area (Å²) in [5.74, 6) is -4.37. The Kier molecular flexibility index (Phi) is 19.7. The monoisotopic (exact) mass is 1130 g/mol. The first-order valence-corrected chi connectivity index (χ1v) is 29.0. The molecule has 4 aliphatic heterocycles. The third-order valence-corrected chi connectivity index (χ3v) is 17.8. The minimum Gasteiger partial charge on any atom is -0.493 e. The minimum atomic E-state index is -4.27. The molecule has 5 amide bonds. The number of rotatable bonds is 25. The van der Waals surface area contributed by atoms with E-state index in [1.807, 2.05) is 30.7 Å². The van der Waals surface area contributed by atoms with E-state index in [1.54, 1.807) is 57.2 Å². The van der Waals surface area contributed by atoms with Crippen LogP contribution in [-0.4, -0.2) is 147 Å². The minimum absolute atomic E-state index is 0.0564. The van der Waals surface area contributed by atoms with Crippen molar-refractivity contribution in [3.05, 3.63) is 94.0 Å². The number of Topliss-reactive ketones (excluding diaryl/α,β-unsaturated/α-hetero) is 1. The molecule has 79 heavy (non-hydrogen) atoms. The number of aliphatic hydroxyl groups excluding tert-OH is 1. The summed E-state index contributed by atoms with van der Waals surface area (Å²) in [5, 5.41) is 18.5. The summed E-state index contributed by atoms with van der Waals surface area (Å²) in [6.45, 7) is 8.48. The van der Waals surface area contributed by atoms with Crippen molar-refractivity contribution in [2.45, 2.75) is 115 Å². The van der Waals surface area contributed by atoms with E-state index in [2.05, 4.69) is 16.0 Å². The van der Waals surface area contributed by atoms with Crippen molar-refractivity contribution < 1.29 is 70.8 Å². The molecule has 0 bridgehead atoms. The van der Waals surface area contributed by atoms with Crippen LogP contribution >= 0.6 is 11.8 Å². The van der Waals surface area contributed by atoms with Crippen molar-refractivity contribution in [3.8, 4) is 17.2 Å². The molecular formula is C56H70N6O15S2. The molecule has 7 rings (SSSR count). The summed E-state index contributed by atoms with van der Waals surface area (Å²) >= 11 is 1.44. The standard InChI is InChI=1S/C56H70N6O15S2/c1-8-56(4,5)50(66)54(70)61-23-10-9-17-41(61)55(71)77-43(20-18-34-19-21-44(74-6)45(25-34)75-7)35-13-12-16-38(27-35)76-31-46(65)57-22-24-79(72,73)60-51(67)36-14-11-15-37(26-36)59-52(68)40-28-39(29-58-40)78-49-32(2)48-47(33(3)64)53(69)62(48)42(49)30-63/h11-16,19,21,25-27,30,32-33,39-41,43,47-48,58,64H,8-10,17-18,20,22-24,28-29,31H2,1-7H3,(H,57,65)(H,59,68)(H,60,67)/t32-,33-,39+,40+,41+,43-,47-,48-/m1/s1. The van der Waals surface area contributed by atoms with Crippen molar-refractivity contribution in [2.24, 2.45) is 17.3 Å². The zero-order valence-electron chi connectivity index (χ0n) is 45.4. The number of aldehydes is 1. The number of fused-ring (bicyclic) bond motifs is 1. The summed E-state index contributed by atoms with van der Waals surface area (Å²) < 4.78 is 50.9. The van der Waals surface area contributed by atoms with Crippen LogP contribution < -0.4 is 34.9 Å². The topological polar surface area (TPSA) is 282 Å². The van der Waals surface area contributed by atoms with Gasteiger partial charge in [0, 0.05) is 52.4 Å². The molecule has 0 saturated carbocycles. The Morgan fingerprint density at radius 1 is 0.987 bits per heavy atom. The van der Waals surface area contributed by atoms with E-state index in [0.717, 1.165) is 10.5 Å². The molecular weight excluding hydrogens is 1060 g/mol. The van der Waals surface area contributed by atoms with E-state index < -0.39 is 93.4 Å². The smallest absolute Gasteiger partial charge is 0.329 e. The van der Waals surface area contributed by atoms with Gasteiger partial charge in [-0.2, -0.15) is 0 Å². The first-order chi connectivity index (χ1) is 37.6. The zero-order valence-corrected chi connectivity index (χ0v) is 47.0. The molecule has 3 saturated heterocycles. The predicted molar refractivity (Wildman–Crippen MR) is 292 cm³/mol. The van der Waals surface area contributed by atoms with E-state index in [-0.39, 0.29) is 59.6 Å². The number of anilines is 1. The molecule has 4 heterocycles. The lowest BCUT2D eigenvalue weighted by Gasteiger charge is -2.46. The number of sulfonamides is 1. The number of allylic oxidation sites excluding steroid dienone is 1. The van der Waals surface area contributed by atoms with Gasteiger partial charge in [-0.05, 0) is 105 Å². The Labute approximate surface area is 464 Å². The quantitative estimate of drug-likeness (QED) is 0.0343. The number of aliphatic hydroxyl groups is 1. The van der Waals surface area contributed by atoms with Crippen LogP contribution in [0.15, 0.2) is 77.3 Å². The number of nitrogens with one attached hydrogen (secondary N) is 4. The average Bonchev–Trinajstić information content (AvgIpc) is 3.94. The van der Waals surface area contributed by atoms with Crippen LogP contribution in [0.1, 0.15) is 101 Å². The molecule has 3 fully saturated rings. The van der Waals surface area contributed by atoms with Crippen molar-refractivity contribution in [2.75, 3.05) is 51.5 Å². The maximum atomic E-state index is 14.1. The molecule has 23 heteroatoms. The van der Waals surface area contributed by atoms with Gasteiger partial charge in [0.15, 0.2) is 24.4 Å². The van der Waals surface area contributed by atoms with E-state index in [9.17, 15) is 51.9 Å². The molecule has 4 aliphatic rings. The fourth-order valence-electron chi connectivity index (χ4n) is 10.2. The van der Waals surface area contributed by atoms with Crippen LogP contribution in [0, 0.1) is 17.3 Å². The van der Waals surface area contributed by atoms with Gasteiger partial charge in [-0.15, -0.1) is 11.8 Å². The van der Waals surface area contributed by atoms with Crippen LogP contribution in [0.5, 0.6) is 17.2 Å². The zero-order chi connectivity index (χ0) is 57.3. The number of carbonyl (C=O) groups is 8. The molecule has 0 aromatic heterocycles. The number of hydrogen-bond acceptors (Lipinski definition) is 17. The molecule has 0 aliphatic carbocycles. The van der Waals surface area contributed by atoms with Crippen molar-refractivity contribution in [1.82, 2.24) is 25.2 Å². The molecule has 0 radical (unpaired) electrons. The lowest BCUT2D eigenvalue weighted by Crippen LogP contribution is -2.63. The molecule has 0 unspecified atom stereocenters. The van der Waals surface area contributed by atoms with Gasteiger partial charge in [0.25, 0.3) is 17.7 Å². The second-order valence-corrected chi connectivity index (χ2v) is 24.0. The number of piperidine rings is 1. The number of carbonyl (C=O) groups excluding carboxylic acids is 8. The van der Waals surface area contributed by atoms with Gasteiger partial charge >= 0.3 is 5.97 Å². The maximum Gasteiger partial charge on any atom is 0.329 e.